The first-order chi connectivity index (χ1) is 5.74. The SMILES string of the molecule is CCCCN(C)c1cc(C)on1. The van der Waals surface area contributed by atoms with E-state index in [4.69, 9.17) is 4.52 Å². The number of aromatic nitrogens is 1. The summed E-state index contributed by atoms with van der Waals surface area (Å²) in [5.41, 5.74) is 0. The number of anilines is 1. The molecular weight excluding hydrogens is 152 g/mol. The molecule has 0 amide bonds. The van der Waals surface area contributed by atoms with E-state index in [1.165, 1.54) is 12.8 Å². The van der Waals surface area contributed by atoms with Gasteiger partial charge < -0.3 is 9.42 Å². The van der Waals surface area contributed by atoms with E-state index in [1.807, 2.05) is 20.0 Å². The van der Waals surface area contributed by atoms with Crippen LogP contribution in [0.25, 0.3) is 0 Å². The molecule has 1 rings (SSSR count). The van der Waals surface area contributed by atoms with E-state index in [2.05, 4.69) is 17.0 Å². The van der Waals surface area contributed by atoms with Crippen molar-refractivity contribution in [3.63, 3.8) is 0 Å². The lowest BCUT2D eigenvalue weighted by atomic mass is 10.3. The molecule has 0 aliphatic rings. The predicted octanol–water partition coefficient (Wildman–Crippen LogP) is 2.22. The van der Waals surface area contributed by atoms with Crippen molar-refractivity contribution >= 4 is 5.82 Å². The summed E-state index contributed by atoms with van der Waals surface area (Å²) in [5.74, 6) is 1.80. The minimum absolute atomic E-state index is 0.869. The van der Waals surface area contributed by atoms with Crippen LogP contribution < -0.4 is 4.90 Å². The Kier molecular flexibility index (Phi) is 3.14. The van der Waals surface area contributed by atoms with Crippen LogP contribution >= 0.6 is 0 Å². The first-order valence-electron chi connectivity index (χ1n) is 4.38. The van der Waals surface area contributed by atoms with Gasteiger partial charge in [-0.2, -0.15) is 0 Å². The zero-order chi connectivity index (χ0) is 8.97. The van der Waals surface area contributed by atoms with Gasteiger partial charge >= 0.3 is 0 Å². The number of nitrogens with zero attached hydrogens (tertiary/aromatic N) is 2. The van der Waals surface area contributed by atoms with E-state index in [0.29, 0.717) is 0 Å². The molecule has 12 heavy (non-hydrogen) atoms. The van der Waals surface area contributed by atoms with Gasteiger partial charge in [-0.25, -0.2) is 0 Å². The molecule has 0 radical (unpaired) electrons. The molecule has 0 aliphatic carbocycles. The van der Waals surface area contributed by atoms with Gasteiger partial charge in [-0.1, -0.05) is 18.5 Å². The van der Waals surface area contributed by atoms with Gasteiger partial charge in [-0.3, -0.25) is 0 Å². The van der Waals surface area contributed by atoms with Crippen LogP contribution in [0.15, 0.2) is 10.6 Å². The fourth-order valence-electron chi connectivity index (χ4n) is 1.04. The van der Waals surface area contributed by atoms with Crippen molar-refractivity contribution in [2.45, 2.75) is 26.7 Å². The fourth-order valence-corrected chi connectivity index (χ4v) is 1.04. The normalized spacial score (nSPS) is 10.2. The highest BCUT2D eigenvalue weighted by molar-refractivity contribution is 5.36. The summed E-state index contributed by atoms with van der Waals surface area (Å²) in [7, 11) is 2.03. The number of hydrogen-bond acceptors (Lipinski definition) is 3. The van der Waals surface area contributed by atoms with Gasteiger partial charge in [0, 0.05) is 19.7 Å². The highest BCUT2D eigenvalue weighted by Gasteiger charge is 2.04. The Hall–Kier alpha value is -0.990. The van der Waals surface area contributed by atoms with Crippen LogP contribution in [0, 0.1) is 6.92 Å². The lowest BCUT2D eigenvalue weighted by Gasteiger charge is -2.13. The van der Waals surface area contributed by atoms with Gasteiger partial charge in [0.2, 0.25) is 0 Å². The van der Waals surface area contributed by atoms with E-state index >= 15 is 0 Å². The maximum absolute atomic E-state index is 4.97. The van der Waals surface area contributed by atoms with Crippen molar-refractivity contribution in [2.24, 2.45) is 0 Å². The largest absolute Gasteiger partial charge is 0.360 e. The second kappa shape index (κ2) is 4.14. The van der Waals surface area contributed by atoms with Gasteiger partial charge in [0.15, 0.2) is 5.82 Å². The number of rotatable bonds is 4. The molecule has 0 aromatic carbocycles. The summed E-state index contributed by atoms with van der Waals surface area (Å²) >= 11 is 0. The zero-order valence-electron chi connectivity index (χ0n) is 8.00. The first kappa shape index (κ1) is 9.10. The second-order valence-corrected chi connectivity index (χ2v) is 3.07. The third kappa shape index (κ3) is 2.26. The highest BCUT2D eigenvalue weighted by atomic mass is 16.5. The topological polar surface area (TPSA) is 29.3 Å². The van der Waals surface area contributed by atoms with Crippen LogP contribution in [0.3, 0.4) is 0 Å². The van der Waals surface area contributed by atoms with Crippen molar-refractivity contribution in [3.8, 4) is 0 Å². The summed E-state index contributed by atoms with van der Waals surface area (Å²) in [6.07, 6.45) is 2.41. The minimum Gasteiger partial charge on any atom is -0.360 e. The Balaban J connectivity index is 2.47. The highest BCUT2D eigenvalue weighted by Crippen LogP contribution is 2.12. The molecule has 1 aromatic heterocycles. The first-order valence-corrected chi connectivity index (χ1v) is 4.38. The third-order valence-electron chi connectivity index (χ3n) is 1.85. The van der Waals surface area contributed by atoms with Crippen molar-refractivity contribution in [2.75, 3.05) is 18.5 Å². The number of hydrogen-bond donors (Lipinski definition) is 0. The van der Waals surface area contributed by atoms with E-state index in [9.17, 15) is 0 Å². The summed E-state index contributed by atoms with van der Waals surface area (Å²) in [5, 5.41) is 3.92. The molecule has 1 heterocycles. The van der Waals surface area contributed by atoms with Crippen molar-refractivity contribution in [1.29, 1.82) is 0 Å². The Morgan fingerprint density at radius 3 is 2.83 bits per heavy atom. The zero-order valence-corrected chi connectivity index (χ0v) is 8.00. The molecule has 0 fully saturated rings. The average Bonchev–Trinajstić information content (AvgIpc) is 2.47. The van der Waals surface area contributed by atoms with Crippen LogP contribution in [0.1, 0.15) is 25.5 Å². The molecule has 0 saturated carbocycles. The van der Waals surface area contributed by atoms with E-state index in [0.717, 1.165) is 18.1 Å². The van der Waals surface area contributed by atoms with Gasteiger partial charge in [0.1, 0.15) is 5.76 Å². The second-order valence-electron chi connectivity index (χ2n) is 3.07. The predicted molar refractivity (Wildman–Crippen MR) is 49.4 cm³/mol. The Morgan fingerprint density at radius 1 is 1.58 bits per heavy atom. The van der Waals surface area contributed by atoms with Gasteiger partial charge in [0.05, 0.1) is 0 Å². The van der Waals surface area contributed by atoms with Crippen LogP contribution in [0.5, 0.6) is 0 Å². The molecule has 0 atom stereocenters. The standard InChI is InChI=1S/C9H16N2O/c1-4-5-6-11(3)9-7-8(2)12-10-9/h7H,4-6H2,1-3H3. The molecule has 0 saturated heterocycles. The molecule has 3 nitrogen and oxygen atoms in total. The van der Waals surface area contributed by atoms with Crippen LogP contribution in [0.4, 0.5) is 5.82 Å². The minimum atomic E-state index is 0.869. The van der Waals surface area contributed by atoms with Crippen molar-refractivity contribution < 1.29 is 4.52 Å². The fraction of sp³-hybridized carbons (Fsp3) is 0.667. The molecule has 0 N–H and O–H groups in total. The molecule has 0 aliphatic heterocycles. The van der Waals surface area contributed by atoms with Crippen molar-refractivity contribution in [3.05, 3.63) is 11.8 Å². The third-order valence-corrected chi connectivity index (χ3v) is 1.85. The number of aryl methyl sites for hydroxylation is 1. The molecule has 68 valence electrons. The summed E-state index contributed by atoms with van der Waals surface area (Å²) in [6.45, 7) is 5.13. The monoisotopic (exact) mass is 168 g/mol. The Bertz CT molecular complexity index is 232. The molecule has 0 bridgehead atoms. The molecule has 0 spiro atoms. The average molecular weight is 168 g/mol. The lowest BCUT2D eigenvalue weighted by Crippen LogP contribution is -2.18. The molecule has 3 heteroatoms. The lowest BCUT2D eigenvalue weighted by molar-refractivity contribution is 0.397. The van der Waals surface area contributed by atoms with E-state index in [1.54, 1.807) is 0 Å². The summed E-state index contributed by atoms with van der Waals surface area (Å²) in [4.78, 5) is 2.11. The van der Waals surface area contributed by atoms with Gasteiger partial charge in [0.25, 0.3) is 0 Å². The molecule has 1 aromatic rings. The van der Waals surface area contributed by atoms with Gasteiger partial charge in [-0.05, 0) is 13.3 Å². The van der Waals surface area contributed by atoms with Crippen LogP contribution in [0.2, 0.25) is 0 Å². The number of unbranched alkanes of at least 4 members (excludes halogenated alkanes) is 1. The van der Waals surface area contributed by atoms with Crippen molar-refractivity contribution in [1.82, 2.24) is 5.16 Å². The Labute approximate surface area is 73.3 Å². The smallest absolute Gasteiger partial charge is 0.171 e. The molecule has 0 unspecified atom stereocenters. The van der Waals surface area contributed by atoms with E-state index in [-0.39, 0.29) is 0 Å². The van der Waals surface area contributed by atoms with Gasteiger partial charge in [-0.15, -0.1) is 0 Å². The van der Waals surface area contributed by atoms with Crippen LogP contribution in [-0.2, 0) is 0 Å². The van der Waals surface area contributed by atoms with Crippen LogP contribution in [-0.4, -0.2) is 18.7 Å². The maximum Gasteiger partial charge on any atom is 0.171 e. The Morgan fingerprint density at radius 2 is 2.33 bits per heavy atom. The van der Waals surface area contributed by atoms with E-state index < -0.39 is 0 Å². The summed E-state index contributed by atoms with van der Waals surface area (Å²) < 4.78 is 4.97. The maximum atomic E-state index is 4.97. The quantitative estimate of drug-likeness (QED) is 0.690. The molecular formula is C9H16N2O. The summed E-state index contributed by atoms with van der Waals surface area (Å²) in [6, 6.07) is 1.95.